The fourth-order valence-corrected chi connectivity index (χ4v) is 2.43. The predicted octanol–water partition coefficient (Wildman–Crippen LogP) is 1.80. The van der Waals surface area contributed by atoms with E-state index in [0.29, 0.717) is 18.4 Å². The number of hydrogen-bond acceptors (Lipinski definition) is 4. The summed E-state index contributed by atoms with van der Waals surface area (Å²) in [6.07, 6.45) is 3.17. The van der Waals surface area contributed by atoms with Crippen molar-refractivity contribution in [1.29, 1.82) is 0 Å². The Labute approximate surface area is 99.8 Å². The van der Waals surface area contributed by atoms with Crippen LogP contribution in [0.1, 0.15) is 35.2 Å². The van der Waals surface area contributed by atoms with Gasteiger partial charge in [-0.05, 0) is 30.4 Å². The fraction of sp³-hybridized carbons (Fsp3) is 0.385. The van der Waals surface area contributed by atoms with E-state index >= 15 is 0 Å². The van der Waals surface area contributed by atoms with E-state index in [4.69, 9.17) is 10.3 Å². The minimum atomic E-state index is 0.316. The van der Waals surface area contributed by atoms with E-state index in [1.165, 1.54) is 11.1 Å². The molecule has 2 aromatic rings. The molecule has 0 amide bonds. The summed E-state index contributed by atoms with van der Waals surface area (Å²) >= 11 is 0. The van der Waals surface area contributed by atoms with Crippen LogP contribution in [0, 0.1) is 0 Å². The number of hydrogen-bond donors (Lipinski definition) is 1. The Morgan fingerprint density at radius 1 is 1.29 bits per heavy atom. The normalized spacial score (nSPS) is 19.0. The number of nitrogens with zero attached hydrogens (tertiary/aromatic N) is 2. The summed E-state index contributed by atoms with van der Waals surface area (Å²) < 4.78 is 5.07. The van der Waals surface area contributed by atoms with Gasteiger partial charge in [0.1, 0.15) is 0 Å². The summed E-state index contributed by atoms with van der Waals surface area (Å²) in [6.45, 7) is 0.316. The molecule has 0 bridgehead atoms. The second kappa shape index (κ2) is 4.30. The van der Waals surface area contributed by atoms with Crippen LogP contribution >= 0.6 is 0 Å². The van der Waals surface area contributed by atoms with Crippen molar-refractivity contribution in [1.82, 2.24) is 10.1 Å². The molecule has 3 rings (SSSR count). The molecule has 0 saturated carbocycles. The van der Waals surface area contributed by atoms with E-state index in [0.717, 1.165) is 25.1 Å². The first-order valence-corrected chi connectivity index (χ1v) is 5.96. The van der Waals surface area contributed by atoms with Crippen molar-refractivity contribution < 1.29 is 4.52 Å². The Kier molecular flexibility index (Phi) is 2.65. The van der Waals surface area contributed by atoms with E-state index in [1.54, 1.807) is 0 Å². The van der Waals surface area contributed by atoms with Gasteiger partial charge in [-0.3, -0.25) is 0 Å². The number of fused-ring (bicyclic) bond motifs is 1. The quantitative estimate of drug-likeness (QED) is 0.852. The Morgan fingerprint density at radius 3 is 2.88 bits per heavy atom. The molecule has 0 radical (unpaired) electrons. The van der Waals surface area contributed by atoms with Crippen LogP contribution in [-0.4, -0.2) is 10.1 Å². The van der Waals surface area contributed by atoms with Crippen molar-refractivity contribution in [3.8, 4) is 0 Å². The third kappa shape index (κ3) is 1.96. The van der Waals surface area contributed by atoms with Crippen molar-refractivity contribution in [2.45, 2.75) is 31.7 Å². The van der Waals surface area contributed by atoms with Crippen LogP contribution in [-0.2, 0) is 19.4 Å². The van der Waals surface area contributed by atoms with E-state index in [2.05, 4.69) is 34.4 Å². The van der Waals surface area contributed by atoms with Crippen molar-refractivity contribution in [3.05, 3.63) is 47.1 Å². The molecule has 2 N–H and O–H groups in total. The molecule has 4 nitrogen and oxygen atoms in total. The monoisotopic (exact) mass is 229 g/mol. The minimum Gasteiger partial charge on any atom is -0.338 e. The first-order chi connectivity index (χ1) is 8.36. The molecule has 1 aromatic carbocycles. The SMILES string of the molecule is NCc1nc(C2CCc3ccccc3C2)no1. The molecule has 0 spiro atoms. The van der Waals surface area contributed by atoms with Crippen molar-refractivity contribution >= 4 is 0 Å². The lowest BCUT2D eigenvalue weighted by atomic mass is 9.83. The van der Waals surface area contributed by atoms with E-state index in [9.17, 15) is 0 Å². The van der Waals surface area contributed by atoms with Crippen LogP contribution in [0.15, 0.2) is 28.8 Å². The molecule has 4 heteroatoms. The molecule has 1 unspecified atom stereocenters. The van der Waals surface area contributed by atoms with Gasteiger partial charge in [0.2, 0.25) is 5.89 Å². The van der Waals surface area contributed by atoms with Gasteiger partial charge in [-0.1, -0.05) is 29.4 Å². The highest BCUT2D eigenvalue weighted by molar-refractivity contribution is 5.31. The van der Waals surface area contributed by atoms with E-state index in [-0.39, 0.29) is 0 Å². The summed E-state index contributed by atoms with van der Waals surface area (Å²) in [4.78, 5) is 4.32. The van der Waals surface area contributed by atoms with Crippen LogP contribution in [0.25, 0.3) is 0 Å². The molecular weight excluding hydrogens is 214 g/mol. The zero-order valence-corrected chi connectivity index (χ0v) is 9.60. The first-order valence-electron chi connectivity index (χ1n) is 5.96. The number of benzene rings is 1. The van der Waals surface area contributed by atoms with Crippen LogP contribution in [0.3, 0.4) is 0 Å². The van der Waals surface area contributed by atoms with Crippen molar-refractivity contribution in [2.24, 2.45) is 5.73 Å². The van der Waals surface area contributed by atoms with Crippen LogP contribution in [0.2, 0.25) is 0 Å². The first kappa shape index (κ1) is 10.5. The molecule has 0 fully saturated rings. The largest absolute Gasteiger partial charge is 0.338 e. The molecule has 17 heavy (non-hydrogen) atoms. The van der Waals surface area contributed by atoms with Crippen molar-refractivity contribution in [2.75, 3.05) is 0 Å². The third-order valence-electron chi connectivity index (χ3n) is 3.37. The van der Waals surface area contributed by atoms with Gasteiger partial charge >= 0.3 is 0 Å². The standard InChI is InChI=1S/C13H15N3O/c14-8-12-15-13(16-17-12)11-6-5-9-3-1-2-4-10(9)7-11/h1-4,11H,5-8,14H2. The second-order valence-electron chi connectivity index (χ2n) is 4.46. The topological polar surface area (TPSA) is 64.9 Å². The lowest BCUT2D eigenvalue weighted by molar-refractivity contribution is 0.368. The van der Waals surface area contributed by atoms with Crippen molar-refractivity contribution in [3.63, 3.8) is 0 Å². The highest BCUT2D eigenvalue weighted by Crippen LogP contribution is 2.30. The summed E-state index contributed by atoms with van der Waals surface area (Å²) in [5.74, 6) is 1.70. The average Bonchev–Trinajstić information content (AvgIpc) is 2.87. The van der Waals surface area contributed by atoms with Crippen LogP contribution in [0.4, 0.5) is 0 Å². The molecule has 88 valence electrons. The van der Waals surface area contributed by atoms with Gasteiger partial charge in [0.25, 0.3) is 0 Å². The molecule has 0 saturated heterocycles. The molecule has 1 aliphatic carbocycles. The number of aromatic nitrogens is 2. The third-order valence-corrected chi connectivity index (χ3v) is 3.37. The average molecular weight is 229 g/mol. The van der Waals surface area contributed by atoms with Crippen LogP contribution in [0.5, 0.6) is 0 Å². The highest BCUT2D eigenvalue weighted by atomic mass is 16.5. The van der Waals surface area contributed by atoms with Gasteiger partial charge in [-0.15, -0.1) is 0 Å². The fourth-order valence-electron chi connectivity index (χ4n) is 2.43. The predicted molar refractivity (Wildman–Crippen MR) is 63.4 cm³/mol. The Balaban J connectivity index is 1.84. The lowest BCUT2D eigenvalue weighted by Gasteiger charge is -2.21. The maximum Gasteiger partial charge on any atom is 0.240 e. The summed E-state index contributed by atoms with van der Waals surface area (Å²) in [7, 11) is 0. The highest BCUT2D eigenvalue weighted by Gasteiger charge is 2.23. The zero-order valence-electron chi connectivity index (χ0n) is 9.60. The number of aryl methyl sites for hydroxylation is 1. The smallest absolute Gasteiger partial charge is 0.240 e. The molecule has 1 atom stereocenters. The minimum absolute atomic E-state index is 0.316. The number of rotatable bonds is 2. The van der Waals surface area contributed by atoms with Gasteiger partial charge in [0.05, 0.1) is 6.54 Å². The van der Waals surface area contributed by atoms with Gasteiger partial charge < -0.3 is 10.3 Å². The van der Waals surface area contributed by atoms with Gasteiger partial charge in [0, 0.05) is 5.92 Å². The zero-order chi connectivity index (χ0) is 11.7. The summed E-state index contributed by atoms with van der Waals surface area (Å²) in [5, 5.41) is 4.02. The maximum atomic E-state index is 5.47. The molecular formula is C13H15N3O. The summed E-state index contributed by atoms with van der Waals surface area (Å²) in [6, 6.07) is 8.57. The van der Waals surface area contributed by atoms with E-state index < -0.39 is 0 Å². The van der Waals surface area contributed by atoms with Crippen LogP contribution < -0.4 is 5.73 Å². The Hall–Kier alpha value is -1.68. The Bertz CT molecular complexity index is 521. The Morgan fingerprint density at radius 2 is 2.12 bits per heavy atom. The number of nitrogens with two attached hydrogens (primary N) is 1. The van der Waals surface area contributed by atoms with E-state index in [1.807, 2.05) is 0 Å². The molecule has 1 heterocycles. The maximum absolute atomic E-state index is 5.47. The molecule has 1 aliphatic rings. The molecule has 1 aromatic heterocycles. The van der Waals surface area contributed by atoms with Gasteiger partial charge in [0.15, 0.2) is 5.82 Å². The molecule has 0 aliphatic heterocycles. The van der Waals surface area contributed by atoms with Gasteiger partial charge in [-0.25, -0.2) is 0 Å². The summed E-state index contributed by atoms with van der Waals surface area (Å²) in [5.41, 5.74) is 8.33. The second-order valence-corrected chi connectivity index (χ2v) is 4.46. The van der Waals surface area contributed by atoms with Gasteiger partial charge in [-0.2, -0.15) is 4.98 Å². The lowest BCUT2D eigenvalue weighted by Crippen LogP contribution is -2.14.